The number of nitrogens with one attached hydrogen (secondary N) is 1. The lowest BCUT2D eigenvalue weighted by Crippen LogP contribution is -2.50. The van der Waals surface area contributed by atoms with Crippen LogP contribution in [0.4, 0.5) is 0 Å². The predicted molar refractivity (Wildman–Crippen MR) is 142 cm³/mol. The van der Waals surface area contributed by atoms with Crippen molar-refractivity contribution in [2.24, 2.45) is 21.9 Å². The molecule has 1 saturated heterocycles. The van der Waals surface area contributed by atoms with E-state index in [0.29, 0.717) is 30.3 Å². The average Bonchev–Trinajstić information content (AvgIpc) is 3.37. The molecule has 2 amide bonds. The molecule has 36 heavy (non-hydrogen) atoms. The summed E-state index contributed by atoms with van der Waals surface area (Å²) in [7, 11) is 0. The quantitative estimate of drug-likeness (QED) is 0.205. The van der Waals surface area contributed by atoms with Gasteiger partial charge in [0.25, 0.3) is 0 Å². The van der Waals surface area contributed by atoms with Crippen molar-refractivity contribution in [3.63, 3.8) is 0 Å². The van der Waals surface area contributed by atoms with Crippen molar-refractivity contribution in [3.05, 3.63) is 53.3 Å². The van der Waals surface area contributed by atoms with Gasteiger partial charge in [-0.1, -0.05) is 49.7 Å². The maximum atomic E-state index is 13.3. The third-order valence-electron chi connectivity index (χ3n) is 6.23. The molecule has 0 aliphatic carbocycles. The largest absolute Gasteiger partial charge is 0.394 e. The van der Waals surface area contributed by atoms with Crippen molar-refractivity contribution in [3.8, 4) is 11.1 Å². The molecule has 9 nitrogen and oxygen atoms in total. The van der Waals surface area contributed by atoms with Crippen LogP contribution in [0, 0.1) is 5.92 Å². The molecule has 3 rings (SSSR count). The zero-order valence-electron chi connectivity index (χ0n) is 20.8. The van der Waals surface area contributed by atoms with Crippen LogP contribution < -0.4 is 11.2 Å². The number of halogens is 1. The maximum Gasteiger partial charge on any atom is 0.248 e. The molecule has 1 aliphatic rings. The van der Waals surface area contributed by atoms with Gasteiger partial charge in [-0.2, -0.15) is 5.10 Å². The fraction of sp³-hybridized carbons (Fsp3) is 0.423. The first-order valence-corrected chi connectivity index (χ1v) is 12.3. The number of rotatable bonds is 9. The molecule has 192 valence electrons. The molecule has 1 aromatic carbocycles. The summed E-state index contributed by atoms with van der Waals surface area (Å²) in [6.07, 6.45) is 4.37. The fourth-order valence-electron chi connectivity index (χ4n) is 4.21. The number of aromatic nitrogens is 1. The fourth-order valence-corrected chi connectivity index (χ4v) is 4.44. The van der Waals surface area contributed by atoms with Gasteiger partial charge in [0.1, 0.15) is 17.2 Å². The third kappa shape index (κ3) is 6.47. The summed E-state index contributed by atoms with van der Waals surface area (Å²) in [6.45, 7) is 5.71. The lowest BCUT2D eigenvalue weighted by molar-refractivity contribution is -0.140. The number of hydrazone groups is 1. The van der Waals surface area contributed by atoms with Gasteiger partial charge in [0, 0.05) is 24.5 Å². The first kappa shape index (κ1) is 27.3. The average molecular weight is 513 g/mol. The second-order valence-electron chi connectivity index (χ2n) is 9.13. The van der Waals surface area contributed by atoms with E-state index in [2.05, 4.69) is 20.4 Å². The van der Waals surface area contributed by atoms with Crippen LogP contribution >= 0.6 is 11.6 Å². The van der Waals surface area contributed by atoms with E-state index < -0.39 is 18.1 Å². The summed E-state index contributed by atoms with van der Waals surface area (Å²) in [5.74, 6) is 4.69. The molecule has 1 aromatic heterocycles. The number of nitrogens with two attached hydrogens (primary N) is 1. The van der Waals surface area contributed by atoms with E-state index in [-0.39, 0.29) is 24.3 Å². The predicted octanol–water partition coefficient (Wildman–Crippen LogP) is 2.97. The molecule has 4 N–H and O–H groups in total. The Bertz CT molecular complexity index is 1120. The van der Waals surface area contributed by atoms with E-state index in [1.54, 1.807) is 18.0 Å². The van der Waals surface area contributed by atoms with Crippen molar-refractivity contribution in [1.29, 1.82) is 0 Å². The highest BCUT2D eigenvalue weighted by Gasteiger charge is 2.38. The Labute approximate surface area is 216 Å². The van der Waals surface area contributed by atoms with Crippen LogP contribution in [0.1, 0.15) is 45.2 Å². The Hall–Kier alpha value is -3.30. The second kappa shape index (κ2) is 12.6. The molecular weight excluding hydrogens is 480 g/mol. The zero-order valence-corrected chi connectivity index (χ0v) is 21.5. The van der Waals surface area contributed by atoms with Crippen LogP contribution in [0.25, 0.3) is 11.1 Å². The number of nitrogens with zero attached hydrogens (tertiary/aromatic N) is 4. The third-order valence-corrected chi connectivity index (χ3v) is 6.53. The number of likely N-dealkylation sites (tertiary alicyclic amines) is 1. The van der Waals surface area contributed by atoms with E-state index in [1.807, 2.05) is 50.2 Å². The van der Waals surface area contributed by atoms with E-state index in [1.165, 1.54) is 6.21 Å². The van der Waals surface area contributed by atoms with Crippen LogP contribution in [-0.4, -0.2) is 64.0 Å². The normalized spacial score (nSPS) is 18.0. The number of pyridine rings is 1. The molecule has 10 heteroatoms. The first-order chi connectivity index (χ1) is 17.3. The minimum atomic E-state index is -0.643. The Balaban J connectivity index is 1.72. The van der Waals surface area contributed by atoms with Crippen molar-refractivity contribution >= 4 is 35.3 Å². The van der Waals surface area contributed by atoms with Gasteiger partial charge in [-0.15, -0.1) is 0 Å². The number of aliphatic hydroxyl groups is 1. The second-order valence-corrected chi connectivity index (χ2v) is 9.49. The Kier molecular flexibility index (Phi) is 9.55. The highest BCUT2D eigenvalue weighted by atomic mass is 35.5. The topological polar surface area (TPSA) is 133 Å². The molecular formula is C26H33ClN6O3. The number of carbonyl (C=O) groups excluding carboxylic acids is 2. The molecule has 0 unspecified atom stereocenters. The van der Waals surface area contributed by atoms with Gasteiger partial charge >= 0.3 is 0 Å². The van der Waals surface area contributed by atoms with Gasteiger partial charge in [-0.05, 0) is 48.9 Å². The minimum Gasteiger partial charge on any atom is -0.394 e. The minimum absolute atomic E-state index is 0.0688. The maximum absolute atomic E-state index is 13.3. The standard InChI is InChI=1S/C26H33ClN6O3/c1-16(2)23(30-14-17(3)32-28)26(36)33-13-5-7-22(33)25(35)31-21(15-34)19-10-8-18(9-11-19)20-6-4-12-29-24(20)27/h4,6,8-12,14,16,21-23,34H,5,7,13,15,28H2,1-3H3,(H,31,35)/t21-,22-,23-/m0/s1. The molecule has 3 atom stereocenters. The smallest absolute Gasteiger partial charge is 0.248 e. The highest BCUT2D eigenvalue weighted by Crippen LogP contribution is 2.27. The van der Waals surface area contributed by atoms with Crippen molar-refractivity contribution in [1.82, 2.24) is 15.2 Å². The number of hydrogen-bond donors (Lipinski definition) is 3. The van der Waals surface area contributed by atoms with Gasteiger partial charge in [0.05, 0.1) is 18.4 Å². The first-order valence-electron chi connectivity index (χ1n) is 12.0. The molecule has 1 fully saturated rings. The molecule has 0 radical (unpaired) electrons. The number of amides is 2. The van der Waals surface area contributed by atoms with Crippen molar-refractivity contribution in [2.45, 2.75) is 51.7 Å². The SMILES string of the molecule is CC(C=N[C@H](C(=O)N1CCC[C@H]1C(=O)N[C@@H](CO)c1ccc(-c2cccnc2Cl)cc1)C(C)C)=NN. The molecule has 0 spiro atoms. The van der Waals surface area contributed by atoms with Gasteiger partial charge in [0.15, 0.2) is 0 Å². The number of benzene rings is 1. The number of hydrogen-bond acceptors (Lipinski definition) is 7. The molecule has 0 bridgehead atoms. The molecule has 2 heterocycles. The van der Waals surface area contributed by atoms with Crippen LogP contribution in [0.5, 0.6) is 0 Å². The summed E-state index contributed by atoms with van der Waals surface area (Å²) in [4.78, 5) is 36.6. The summed E-state index contributed by atoms with van der Waals surface area (Å²) < 4.78 is 0. The Morgan fingerprint density at radius 2 is 2.03 bits per heavy atom. The van der Waals surface area contributed by atoms with Crippen molar-refractivity contribution in [2.75, 3.05) is 13.2 Å². The van der Waals surface area contributed by atoms with Crippen molar-refractivity contribution < 1.29 is 14.7 Å². The van der Waals surface area contributed by atoms with Crippen LogP contribution in [0.2, 0.25) is 5.15 Å². The van der Waals surface area contributed by atoms with Gasteiger partial charge < -0.3 is 21.2 Å². The van der Waals surface area contributed by atoms with Gasteiger partial charge in [-0.3, -0.25) is 14.6 Å². The molecule has 0 saturated carbocycles. The summed E-state index contributed by atoms with van der Waals surface area (Å²) in [5.41, 5.74) is 2.92. The van der Waals surface area contributed by atoms with Gasteiger partial charge in [0.2, 0.25) is 11.8 Å². The summed E-state index contributed by atoms with van der Waals surface area (Å²) in [6, 6.07) is 9.21. The van der Waals surface area contributed by atoms with Crippen LogP contribution in [0.3, 0.4) is 0 Å². The number of aliphatic imine (C=N–C) groups is 1. The van der Waals surface area contributed by atoms with Crippen LogP contribution in [-0.2, 0) is 9.59 Å². The highest BCUT2D eigenvalue weighted by molar-refractivity contribution is 6.32. The van der Waals surface area contributed by atoms with E-state index >= 15 is 0 Å². The van der Waals surface area contributed by atoms with E-state index in [4.69, 9.17) is 17.4 Å². The molecule has 1 aliphatic heterocycles. The van der Waals surface area contributed by atoms with Gasteiger partial charge in [-0.25, -0.2) is 4.98 Å². The monoisotopic (exact) mass is 512 g/mol. The zero-order chi connectivity index (χ0) is 26.2. The summed E-state index contributed by atoms with van der Waals surface area (Å²) >= 11 is 6.19. The molecule has 2 aromatic rings. The lowest BCUT2D eigenvalue weighted by Gasteiger charge is -2.29. The van der Waals surface area contributed by atoms with E-state index in [0.717, 1.165) is 16.7 Å². The Morgan fingerprint density at radius 1 is 1.31 bits per heavy atom. The summed E-state index contributed by atoms with van der Waals surface area (Å²) in [5, 5.41) is 16.9. The number of aliphatic hydroxyl groups excluding tert-OH is 1. The number of carbonyl (C=O) groups is 2. The Morgan fingerprint density at radius 3 is 2.64 bits per heavy atom. The lowest BCUT2D eigenvalue weighted by atomic mass is 10.0. The van der Waals surface area contributed by atoms with E-state index in [9.17, 15) is 14.7 Å². The van der Waals surface area contributed by atoms with Crippen LogP contribution in [0.15, 0.2) is 52.7 Å².